The fourth-order valence-electron chi connectivity index (χ4n) is 2.65. The second kappa shape index (κ2) is 10.3. The van der Waals surface area contributed by atoms with Crippen LogP contribution in [0.3, 0.4) is 0 Å². The fraction of sp³-hybridized carbons (Fsp3) is 0.235. The first-order valence-electron chi connectivity index (χ1n) is 8.49. The molecular weight excluding hydrogens is 513 g/mol. The summed E-state index contributed by atoms with van der Waals surface area (Å²) in [4.78, 5) is 50.5. The van der Waals surface area contributed by atoms with Crippen LogP contribution in [-0.2, 0) is 19.2 Å². The van der Waals surface area contributed by atoms with Crippen LogP contribution in [0.25, 0.3) is 5.57 Å². The maximum Gasteiger partial charge on any atom is 0.490 e. The van der Waals surface area contributed by atoms with Gasteiger partial charge in [0.05, 0.1) is 11.3 Å². The van der Waals surface area contributed by atoms with Crippen molar-refractivity contribution in [3.05, 3.63) is 40.5 Å². The summed E-state index contributed by atoms with van der Waals surface area (Å²) in [6.07, 6.45) is -3.66. The van der Waals surface area contributed by atoms with Gasteiger partial charge >= 0.3 is 18.1 Å². The molecule has 1 fully saturated rings. The van der Waals surface area contributed by atoms with Gasteiger partial charge in [0.15, 0.2) is 5.13 Å². The van der Waals surface area contributed by atoms with Gasteiger partial charge in [0.1, 0.15) is 17.1 Å². The molecule has 3 rings (SSSR count). The first-order valence-corrected chi connectivity index (χ1v) is 10.9. The number of rotatable bonds is 5. The minimum absolute atomic E-state index is 0.0763. The van der Waals surface area contributed by atoms with Crippen LogP contribution in [0.2, 0.25) is 0 Å². The Morgan fingerprint density at radius 3 is 2.39 bits per heavy atom. The minimum Gasteiger partial charge on any atom is -0.477 e. The number of carboxylic acids is 2. The molecule has 1 aromatic rings. The van der Waals surface area contributed by atoms with E-state index in [4.69, 9.17) is 27.2 Å². The molecule has 3 heterocycles. The summed E-state index contributed by atoms with van der Waals surface area (Å²) in [5.41, 5.74) is 7.38. The number of aliphatic carboxylic acids is 2. The van der Waals surface area contributed by atoms with Crippen molar-refractivity contribution in [2.75, 3.05) is 11.5 Å². The van der Waals surface area contributed by atoms with Crippen molar-refractivity contribution >= 4 is 69.2 Å². The molecule has 2 amide bonds. The van der Waals surface area contributed by atoms with Gasteiger partial charge in [0, 0.05) is 16.7 Å². The van der Waals surface area contributed by atoms with Crippen LogP contribution in [0.15, 0.2) is 34.8 Å². The Bertz CT molecular complexity index is 1070. The zero-order chi connectivity index (χ0) is 25.1. The third-order valence-corrected chi connectivity index (χ3v) is 6.32. The maximum absolute atomic E-state index is 12.5. The highest BCUT2D eigenvalue weighted by molar-refractivity contribution is 8.00. The number of β-lactam (4-membered cyclic amide) rings is 1. The van der Waals surface area contributed by atoms with Crippen LogP contribution in [0.5, 0.6) is 0 Å². The highest BCUT2D eigenvalue weighted by atomic mass is 35.5. The predicted octanol–water partition coefficient (Wildman–Crippen LogP) is 1.86. The Balaban J connectivity index is 0.000000479. The average Bonchev–Trinajstić information content (AvgIpc) is 3.16. The van der Waals surface area contributed by atoms with E-state index in [9.17, 15) is 32.7 Å². The number of halogens is 4. The summed E-state index contributed by atoms with van der Waals surface area (Å²) in [5, 5.41) is 20.5. The molecule has 0 bridgehead atoms. The first-order chi connectivity index (χ1) is 15.3. The number of carbonyl (C=O) groups excluding carboxylic acids is 2. The molecule has 10 nitrogen and oxygen atoms in total. The van der Waals surface area contributed by atoms with Gasteiger partial charge < -0.3 is 21.3 Å². The lowest BCUT2D eigenvalue weighted by Gasteiger charge is -2.49. The third-order valence-electron chi connectivity index (χ3n) is 4.13. The molecule has 0 radical (unpaired) electrons. The van der Waals surface area contributed by atoms with Crippen molar-refractivity contribution in [2.45, 2.75) is 17.6 Å². The molecule has 1 aromatic heterocycles. The van der Waals surface area contributed by atoms with Gasteiger partial charge in [-0.25, -0.2) is 14.6 Å². The molecule has 33 heavy (non-hydrogen) atoms. The normalized spacial score (nSPS) is 20.2. The van der Waals surface area contributed by atoms with E-state index in [1.807, 2.05) is 0 Å². The number of carbonyl (C=O) groups is 4. The van der Waals surface area contributed by atoms with Gasteiger partial charge in [-0.15, -0.1) is 23.1 Å². The molecule has 2 atom stereocenters. The lowest BCUT2D eigenvalue weighted by Crippen LogP contribution is -2.70. The van der Waals surface area contributed by atoms with E-state index in [0.717, 1.165) is 16.9 Å². The largest absolute Gasteiger partial charge is 0.490 e. The summed E-state index contributed by atoms with van der Waals surface area (Å²) in [7, 11) is 0. The summed E-state index contributed by atoms with van der Waals surface area (Å²) in [5.74, 6) is -4.67. The highest BCUT2D eigenvalue weighted by Crippen LogP contribution is 2.40. The number of hydrogen-bond acceptors (Lipinski definition) is 8. The van der Waals surface area contributed by atoms with E-state index in [-0.39, 0.29) is 16.4 Å². The number of hydrogen-bond donors (Lipinski definition) is 4. The summed E-state index contributed by atoms with van der Waals surface area (Å²) >= 11 is 8.24. The molecular formula is C17H14ClF3N4O6S2. The van der Waals surface area contributed by atoms with Gasteiger partial charge in [-0.2, -0.15) is 13.2 Å². The van der Waals surface area contributed by atoms with Crippen molar-refractivity contribution in [2.24, 2.45) is 0 Å². The first kappa shape index (κ1) is 26.2. The molecule has 0 spiro atoms. The Morgan fingerprint density at radius 1 is 1.36 bits per heavy atom. The molecule has 178 valence electrons. The van der Waals surface area contributed by atoms with E-state index < -0.39 is 41.3 Å². The summed E-state index contributed by atoms with van der Waals surface area (Å²) in [6, 6.07) is -0.851. The average molecular weight is 527 g/mol. The molecule has 2 aliphatic heterocycles. The quantitative estimate of drug-likeness (QED) is 0.331. The number of nitrogens with one attached hydrogen (secondary N) is 1. The van der Waals surface area contributed by atoms with Gasteiger partial charge in [0.2, 0.25) is 0 Å². The molecule has 5 N–H and O–H groups in total. The van der Waals surface area contributed by atoms with Crippen molar-refractivity contribution in [3.8, 4) is 0 Å². The van der Waals surface area contributed by atoms with Crippen molar-refractivity contribution < 1.29 is 42.6 Å². The number of anilines is 1. The monoisotopic (exact) mass is 526 g/mol. The molecule has 0 aromatic carbocycles. The maximum atomic E-state index is 12.5. The number of allylic oxidation sites excluding steroid dienone is 1. The number of fused-ring (bicyclic) bond motifs is 1. The number of thiazole rings is 1. The van der Waals surface area contributed by atoms with Crippen molar-refractivity contribution in [3.63, 3.8) is 0 Å². The van der Waals surface area contributed by atoms with Crippen LogP contribution >= 0.6 is 34.7 Å². The Kier molecular flexibility index (Phi) is 8.16. The second-order valence-electron chi connectivity index (χ2n) is 6.14. The number of thioether (sulfide) groups is 1. The topological polar surface area (TPSA) is 163 Å². The molecule has 1 unspecified atom stereocenters. The lowest BCUT2D eigenvalue weighted by atomic mass is 10.0. The SMILES string of the molecule is C=CC1=C(C(=O)O)N2C(=O)C(NC(=O)/C(=C\Cl)c3csc(N)n3)[C@@H]2SC1.O=C(O)C(F)(F)F. The number of nitrogens with two attached hydrogens (primary N) is 1. The number of amides is 2. The minimum atomic E-state index is -5.08. The zero-order valence-corrected chi connectivity index (χ0v) is 18.5. The van der Waals surface area contributed by atoms with E-state index >= 15 is 0 Å². The van der Waals surface area contributed by atoms with Gasteiger partial charge in [0.25, 0.3) is 11.8 Å². The van der Waals surface area contributed by atoms with E-state index in [0.29, 0.717) is 17.0 Å². The van der Waals surface area contributed by atoms with Crippen LogP contribution in [0, 0.1) is 0 Å². The molecule has 0 saturated carbocycles. The number of aromatic nitrogens is 1. The highest BCUT2D eigenvalue weighted by Gasteiger charge is 2.54. The van der Waals surface area contributed by atoms with E-state index in [1.54, 1.807) is 5.38 Å². The predicted molar refractivity (Wildman–Crippen MR) is 114 cm³/mol. The van der Waals surface area contributed by atoms with Crippen LogP contribution < -0.4 is 11.1 Å². The van der Waals surface area contributed by atoms with Gasteiger partial charge in [-0.1, -0.05) is 24.3 Å². The molecule has 0 aliphatic carbocycles. The fourth-order valence-corrected chi connectivity index (χ4v) is 4.77. The molecule has 16 heteroatoms. The van der Waals surface area contributed by atoms with Crippen molar-refractivity contribution in [1.29, 1.82) is 0 Å². The Hall–Kier alpha value is -3.04. The molecule has 1 saturated heterocycles. The van der Waals surface area contributed by atoms with Gasteiger partial charge in [-0.3, -0.25) is 14.5 Å². The van der Waals surface area contributed by atoms with Gasteiger partial charge in [-0.05, 0) is 5.57 Å². The van der Waals surface area contributed by atoms with Crippen LogP contribution in [-0.4, -0.2) is 67.2 Å². The Morgan fingerprint density at radius 2 is 1.97 bits per heavy atom. The smallest absolute Gasteiger partial charge is 0.477 e. The number of nitrogens with zero attached hydrogens (tertiary/aromatic N) is 2. The molecule has 2 aliphatic rings. The Labute approximate surface area is 196 Å². The van der Waals surface area contributed by atoms with Crippen LogP contribution in [0.1, 0.15) is 5.69 Å². The summed E-state index contributed by atoms with van der Waals surface area (Å²) in [6.45, 7) is 3.58. The lowest BCUT2D eigenvalue weighted by molar-refractivity contribution is -0.192. The third kappa shape index (κ3) is 5.66. The van der Waals surface area contributed by atoms with E-state index in [2.05, 4.69) is 16.9 Å². The van der Waals surface area contributed by atoms with Crippen LogP contribution in [0.4, 0.5) is 18.3 Å². The summed E-state index contributed by atoms with van der Waals surface area (Å²) < 4.78 is 31.7. The number of alkyl halides is 3. The van der Waals surface area contributed by atoms with E-state index in [1.165, 1.54) is 22.7 Å². The number of carboxylic acid groups (broad SMARTS) is 2. The standard InChI is InChI=1S/C15H13ClN4O4S2.C2HF3O2/c1-2-6-4-25-13-9(12(22)20(13)10(6)14(23)24)19-11(21)7(3-16)8-5-26-15(17)18-8;3-2(4,5)1(6)7/h2-3,5,9,13H,1,4H2,(H2,17,18)(H,19,21)(H,23,24);(H,6,7)/b7-3-;/t9?,13-;/m0./s1. The number of nitrogen functional groups attached to an aromatic ring is 1. The van der Waals surface area contributed by atoms with Crippen molar-refractivity contribution in [1.82, 2.24) is 15.2 Å². The second-order valence-corrected chi connectivity index (χ2v) is 8.35. The zero-order valence-electron chi connectivity index (χ0n) is 16.1.